The van der Waals surface area contributed by atoms with E-state index in [2.05, 4.69) is 5.10 Å². The highest BCUT2D eigenvalue weighted by atomic mass is 32.2. The van der Waals surface area contributed by atoms with Crippen molar-refractivity contribution >= 4 is 9.84 Å². The summed E-state index contributed by atoms with van der Waals surface area (Å²) in [5.41, 5.74) is -1.41. The van der Waals surface area contributed by atoms with E-state index in [1.54, 1.807) is 12.1 Å². The van der Waals surface area contributed by atoms with E-state index < -0.39 is 33.1 Å². The molecule has 0 aliphatic rings. The molecule has 31 heavy (non-hydrogen) atoms. The van der Waals surface area contributed by atoms with Gasteiger partial charge >= 0.3 is 6.18 Å². The van der Waals surface area contributed by atoms with Crippen molar-refractivity contribution in [3.8, 4) is 28.1 Å². The van der Waals surface area contributed by atoms with Crippen LogP contribution in [0.15, 0.2) is 76.4 Å². The molecule has 0 spiro atoms. The van der Waals surface area contributed by atoms with Gasteiger partial charge in [0.2, 0.25) is 0 Å². The molecule has 10 heteroatoms. The summed E-state index contributed by atoms with van der Waals surface area (Å²) in [5.74, 6) is -0.491. The van der Waals surface area contributed by atoms with E-state index in [1.165, 1.54) is 42.7 Å². The number of hydrogen-bond acceptors (Lipinski definition) is 4. The average Bonchev–Trinajstić information content (AvgIpc) is 3.37. The summed E-state index contributed by atoms with van der Waals surface area (Å²) in [6.45, 7) is 0. The second-order valence-electron chi connectivity index (χ2n) is 6.77. The first-order chi connectivity index (χ1) is 14.5. The molecule has 0 amide bonds. The largest absolute Gasteiger partial charge is 0.464 e. The zero-order valence-corrected chi connectivity index (χ0v) is 16.7. The van der Waals surface area contributed by atoms with Gasteiger partial charge in [-0.2, -0.15) is 18.3 Å². The van der Waals surface area contributed by atoms with Crippen molar-refractivity contribution in [2.24, 2.45) is 0 Å². The second kappa shape index (κ2) is 7.38. The Morgan fingerprint density at radius 1 is 1.00 bits per heavy atom. The minimum atomic E-state index is -4.83. The molecule has 0 atom stereocenters. The van der Waals surface area contributed by atoms with Crippen LogP contribution >= 0.6 is 0 Å². The molecular formula is C21H14F4N2O3S. The Morgan fingerprint density at radius 2 is 1.71 bits per heavy atom. The van der Waals surface area contributed by atoms with Gasteiger partial charge in [-0.3, -0.25) is 0 Å². The molecule has 160 valence electrons. The molecule has 0 unspecified atom stereocenters. The quantitative estimate of drug-likeness (QED) is 0.393. The highest BCUT2D eigenvalue weighted by Gasteiger charge is 2.38. The molecule has 0 aliphatic carbocycles. The van der Waals surface area contributed by atoms with Crippen molar-refractivity contribution < 1.29 is 30.4 Å². The first-order valence-corrected chi connectivity index (χ1v) is 10.7. The van der Waals surface area contributed by atoms with Crippen LogP contribution in [-0.4, -0.2) is 24.5 Å². The molecule has 0 N–H and O–H groups in total. The summed E-state index contributed by atoms with van der Waals surface area (Å²) in [6, 6.07) is 12.2. The van der Waals surface area contributed by atoms with Gasteiger partial charge in [-0.15, -0.1) is 0 Å². The Bertz CT molecular complexity index is 1340. The van der Waals surface area contributed by atoms with E-state index in [9.17, 15) is 26.0 Å². The molecule has 4 aromatic rings. The fourth-order valence-electron chi connectivity index (χ4n) is 3.09. The number of sulfone groups is 1. The maximum atomic E-state index is 14.8. The molecule has 0 fully saturated rings. The van der Waals surface area contributed by atoms with Crippen LogP contribution < -0.4 is 0 Å². The third kappa shape index (κ3) is 4.11. The van der Waals surface area contributed by atoms with Gasteiger partial charge in [-0.1, -0.05) is 12.1 Å². The summed E-state index contributed by atoms with van der Waals surface area (Å²) in [4.78, 5) is 0.0132. The van der Waals surface area contributed by atoms with Crippen LogP contribution in [0, 0.1) is 5.82 Å². The van der Waals surface area contributed by atoms with Gasteiger partial charge in [0.05, 0.1) is 16.8 Å². The summed E-state index contributed by atoms with van der Waals surface area (Å²) in [6.07, 6.45) is -1.35. The fraction of sp³-hybridized carbons (Fsp3) is 0.0952. The maximum absolute atomic E-state index is 14.8. The number of hydrogen-bond donors (Lipinski definition) is 0. The first kappa shape index (κ1) is 20.9. The Morgan fingerprint density at radius 3 is 2.26 bits per heavy atom. The third-order valence-electron chi connectivity index (χ3n) is 4.58. The van der Waals surface area contributed by atoms with Crippen molar-refractivity contribution in [2.45, 2.75) is 11.1 Å². The summed E-state index contributed by atoms with van der Waals surface area (Å²) in [7, 11) is -3.47. The van der Waals surface area contributed by atoms with Crippen LogP contribution in [-0.2, 0) is 16.0 Å². The molecule has 2 aromatic heterocycles. The predicted molar refractivity (Wildman–Crippen MR) is 105 cm³/mol. The number of nitrogens with zero attached hydrogens (tertiary/aromatic N) is 2. The van der Waals surface area contributed by atoms with Crippen LogP contribution in [0.4, 0.5) is 17.6 Å². The topological polar surface area (TPSA) is 65.1 Å². The molecular weight excluding hydrogens is 436 g/mol. The minimum absolute atomic E-state index is 0.0132. The number of rotatable bonds is 4. The molecule has 0 bridgehead atoms. The lowest BCUT2D eigenvalue weighted by Gasteiger charge is -2.08. The Labute approximate surface area is 174 Å². The van der Waals surface area contributed by atoms with Gasteiger partial charge in [-0.25, -0.2) is 17.5 Å². The zero-order valence-electron chi connectivity index (χ0n) is 15.9. The van der Waals surface area contributed by atoms with Gasteiger partial charge in [0, 0.05) is 29.1 Å². The van der Waals surface area contributed by atoms with Crippen LogP contribution in [0.5, 0.6) is 0 Å². The number of aromatic nitrogens is 2. The van der Waals surface area contributed by atoms with E-state index in [0.717, 1.165) is 23.2 Å². The Balaban J connectivity index is 1.81. The monoisotopic (exact) mass is 450 g/mol. The number of furan rings is 1. The number of benzene rings is 2. The SMILES string of the molecule is CS(=O)(=O)c1ccc(-n2cc(-c3ccc(-c4ccco4)cc3F)c(C(F)(F)F)n2)cc1. The molecule has 0 saturated carbocycles. The number of alkyl halides is 3. The van der Waals surface area contributed by atoms with Gasteiger partial charge < -0.3 is 4.42 Å². The molecule has 5 nitrogen and oxygen atoms in total. The van der Waals surface area contributed by atoms with E-state index in [0.29, 0.717) is 11.3 Å². The van der Waals surface area contributed by atoms with Gasteiger partial charge in [0.15, 0.2) is 15.5 Å². The standard InChI is InChI=1S/C21H14F4N2O3S/c1-31(28,29)15-7-5-14(6-8-15)27-12-17(20(26-27)21(23,24)25)16-9-4-13(11-18(16)22)19-3-2-10-30-19/h2-12H,1H3. The smallest absolute Gasteiger partial charge is 0.435 e. The van der Waals surface area contributed by atoms with Crippen LogP contribution in [0.2, 0.25) is 0 Å². The molecule has 4 rings (SSSR count). The van der Waals surface area contributed by atoms with Crippen LogP contribution in [0.25, 0.3) is 28.1 Å². The lowest BCUT2D eigenvalue weighted by Crippen LogP contribution is -2.09. The van der Waals surface area contributed by atoms with E-state index in [1.807, 2.05) is 0 Å². The normalized spacial score (nSPS) is 12.3. The van der Waals surface area contributed by atoms with Crippen LogP contribution in [0.1, 0.15) is 5.69 Å². The minimum Gasteiger partial charge on any atom is -0.464 e. The van der Waals surface area contributed by atoms with E-state index in [4.69, 9.17) is 4.42 Å². The maximum Gasteiger partial charge on any atom is 0.435 e. The predicted octanol–water partition coefficient (Wildman–Crippen LogP) is 5.36. The van der Waals surface area contributed by atoms with Gasteiger partial charge in [0.25, 0.3) is 0 Å². The molecule has 0 radical (unpaired) electrons. The summed E-state index contributed by atoms with van der Waals surface area (Å²) >= 11 is 0. The van der Waals surface area contributed by atoms with Crippen molar-refractivity contribution in [3.05, 3.63) is 78.6 Å². The zero-order chi connectivity index (χ0) is 22.4. The Kier molecular flexibility index (Phi) is 4.97. The number of halogens is 4. The lowest BCUT2D eigenvalue weighted by atomic mass is 10.0. The molecule has 0 saturated heterocycles. The first-order valence-electron chi connectivity index (χ1n) is 8.85. The highest BCUT2D eigenvalue weighted by Crippen LogP contribution is 2.38. The van der Waals surface area contributed by atoms with Gasteiger partial charge in [0.1, 0.15) is 11.6 Å². The van der Waals surface area contributed by atoms with E-state index >= 15 is 0 Å². The summed E-state index contributed by atoms with van der Waals surface area (Å²) in [5, 5.41) is 3.59. The fourth-order valence-corrected chi connectivity index (χ4v) is 3.72. The average molecular weight is 450 g/mol. The second-order valence-corrected chi connectivity index (χ2v) is 8.79. The van der Waals surface area contributed by atoms with E-state index in [-0.39, 0.29) is 16.1 Å². The highest BCUT2D eigenvalue weighted by molar-refractivity contribution is 7.90. The van der Waals surface area contributed by atoms with Crippen LogP contribution in [0.3, 0.4) is 0 Å². The molecule has 2 aromatic carbocycles. The van der Waals surface area contributed by atoms with Gasteiger partial charge in [-0.05, 0) is 42.5 Å². The summed E-state index contributed by atoms with van der Waals surface area (Å²) < 4.78 is 84.9. The molecule has 0 aliphatic heterocycles. The lowest BCUT2D eigenvalue weighted by molar-refractivity contribution is -0.140. The van der Waals surface area contributed by atoms with Crippen molar-refractivity contribution in [1.29, 1.82) is 0 Å². The molecule has 2 heterocycles. The Hall–Kier alpha value is -3.40. The van der Waals surface area contributed by atoms with Crippen molar-refractivity contribution in [3.63, 3.8) is 0 Å². The van der Waals surface area contributed by atoms with Crippen molar-refractivity contribution in [1.82, 2.24) is 9.78 Å². The van der Waals surface area contributed by atoms with Crippen molar-refractivity contribution in [2.75, 3.05) is 6.26 Å². The third-order valence-corrected chi connectivity index (χ3v) is 5.71.